The zero-order valence-electron chi connectivity index (χ0n) is 14.1. The van der Waals surface area contributed by atoms with Gasteiger partial charge in [-0.15, -0.1) is 0 Å². The van der Waals surface area contributed by atoms with Crippen LogP contribution in [-0.2, 0) is 0 Å². The number of phenols is 3. The van der Waals surface area contributed by atoms with Crippen molar-refractivity contribution in [3.63, 3.8) is 0 Å². The van der Waals surface area contributed by atoms with Gasteiger partial charge in [-0.05, 0) is 72.8 Å². The first-order valence-corrected chi connectivity index (χ1v) is 8.23. The minimum absolute atomic E-state index is 0.158. The monoisotopic (exact) mass is 357 g/mol. The Hall–Kier alpha value is -3.93. The highest BCUT2D eigenvalue weighted by molar-refractivity contribution is 5.67. The Morgan fingerprint density at radius 1 is 0.370 bits per heavy atom. The SMILES string of the molecule is Oc1ccc(-c2nc(-c3ccc(O)cc3)nc(-c3ccc(O)cc3)n2)cc1. The predicted molar refractivity (Wildman–Crippen MR) is 101 cm³/mol. The Morgan fingerprint density at radius 3 is 0.815 bits per heavy atom. The van der Waals surface area contributed by atoms with Crippen molar-refractivity contribution in [2.75, 3.05) is 0 Å². The maximum absolute atomic E-state index is 9.52. The molecule has 4 rings (SSSR count). The van der Waals surface area contributed by atoms with E-state index in [2.05, 4.69) is 15.0 Å². The van der Waals surface area contributed by atoms with E-state index in [-0.39, 0.29) is 17.2 Å². The lowest BCUT2D eigenvalue weighted by Crippen LogP contribution is -2.00. The van der Waals surface area contributed by atoms with Crippen molar-refractivity contribution in [3.05, 3.63) is 72.8 Å². The van der Waals surface area contributed by atoms with Crippen LogP contribution < -0.4 is 0 Å². The lowest BCUT2D eigenvalue weighted by molar-refractivity contribution is 0.475. The molecule has 4 aromatic rings. The molecule has 0 aliphatic carbocycles. The molecule has 0 amide bonds. The molecular weight excluding hydrogens is 342 g/mol. The first kappa shape index (κ1) is 16.5. The Morgan fingerprint density at radius 2 is 0.593 bits per heavy atom. The minimum Gasteiger partial charge on any atom is -0.508 e. The van der Waals surface area contributed by atoms with Gasteiger partial charge in [-0.3, -0.25) is 0 Å². The van der Waals surface area contributed by atoms with E-state index >= 15 is 0 Å². The van der Waals surface area contributed by atoms with Crippen LogP contribution >= 0.6 is 0 Å². The fourth-order valence-electron chi connectivity index (χ4n) is 2.59. The molecule has 132 valence electrons. The van der Waals surface area contributed by atoms with Crippen LogP contribution in [0.1, 0.15) is 0 Å². The van der Waals surface area contributed by atoms with Crippen LogP contribution in [0.5, 0.6) is 17.2 Å². The minimum atomic E-state index is 0.158. The van der Waals surface area contributed by atoms with Crippen LogP contribution in [0.4, 0.5) is 0 Å². The molecule has 0 aliphatic rings. The molecule has 0 saturated carbocycles. The van der Waals surface area contributed by atoms with E-state index in [9.17, 15) is 15.3 Å². The van der Waals surface area contributed by atoms with Gasteiger partial charge in [-0.25, -0.2) is 15.0 Å². The van der Waals surface area contributed by atoms with Crippen LogP contribution in [0.25, 0.3) is 34.2 Å². The third-order valence-electron chi connectivity index (χ3n) is 4.01. The molecule has 1 heterocycles. The second-order valence-electron chi connectivity index (χ2n) is 5.95. The van der Waals surface area contributed by atoms with E-state index in [1.807, 2.05) is 0 Å². The summed E-state index contributed by atoms with van der Waals surface area (Å²) in [5, 5.41) is 28.6. The predicted octanol–water partition coefficient (Wildman–Crippen LogP) is 3.99. The van der Waals surface area contributed by atoms with Crippen molar-refractivity contribution >= 4 is 0 Å². The Bertz CT molecular complexity index is 923. The molecule has 3 aromatic carbocycles. The van der Waals surface area contributed by atoms with E-state index in [0.717, 1.165) is 16.7 Å². The van der Waals surface area contributed by atoms with E-state index in [0.29, 0.717) is 17.5 Å². The third kappa shape index (κ3) is 3.55. The molecule has 0 unspecified atom stereocenters. The van der Waals surface area contributed by atoms with Gasteiger partial charge in [0, 0.05) is 16.7 Å². The number of phenolic OH excluding ortho intramolecular Hbond substituents is 3. The standard InChI is InChI=1S/C21H15N3O3/c25-16-7-1-13(2-8-16)19-22-20(14-3-9-17(26)10-4-14)24-21(23-19)15-5-11-18(27)12-6-15/h1-12,25-27H. The summed E-state index contributed by atoms with van der Waals surface area (Å²) in [7, 11) is 0. The van der Waals surface area contributed by atoms with Crippen molar-refractivity contribution < 1.29 is 15.3 Å². The molecule has 3 N–H and O–H groups in total. The molecule has 0 atom stereocenters. The summed E-state index contributed by atoms with van der Waals surface area (Å²) >= 11 is 0. The molecule has 0 bridgehead atoms. The summed E-state index contributed by atoms with van der Waals surface area (Å²) in [6.07, 6.45) is 0. The van der Waals surface area contributed by atoms with Gasteiger partial charge in [0.15, 0.2) is 17.5 Å². The van der Waals surface area contributed by atoms with Crippen LogP contribution in [0.3, 0.4) is 0 Å². The van der Waals surface area contributed by atoms with Gasteiger partial charge in [-0.1, -0.05) is 0 Å². The Balaban J connectivity index is 1.89. The molecule has 0 saturated heterocycles. The molecule has 1 aromatic heterocycles. The lowest BCUT2D eigenvalue weighted by Gasteiger charge is -2.08. The number of aromatic nitrogens is 3. The van der Waals surface area contributed by atoms with E-state index in [1.54, 1.807) is 72.8 Å². The summed E-state index contributed by atoms with van der Waals surface area (Å²) in [5.74, 6) is 1.84. The van der Waals surface area contributed by atoms with Gasteiger partial charge < -0.3 is 15.3 Å². The molecule has 27 heavy (non-hydrogen) atoms. The summed E-state index contributed by atoms with van der Waals surface area (Å²) in [4.78, 5) is 13.6. The molecular formula is C21H15N3O3. The fourth-order valence-corrected chi connectivity index (χ4v) is 2.59. The number of hydrogen-bond acceptors (Lipinski definition) is 6. The van der Waals surface area contributed by atoms with Gasteiger partial charge in [0.05, 0.1) is 0 Å². The number of rotatable bonds is 3. The average molecular weight is 357 g/mol. The number of hydrogen-bond donors (Lipinski definition) is 3. The van der Waals surface area contributed by atoms with E-state index in [4.69, 9.17) is 0 Å². The molecule has 0 aliphatic heterocycles. The van der Waals surface area contributed by atoms with Crippen LogP contribution in [0, 0.1) is 0 Å². The van der Waals surface area contributed by atoms with Gasteiger partial charge in [0.1, 0.15) is 17.2 Å². The first-order valence-electron chi connectivity index (χ1n) is 8.23. The normalized spacial score (nSPS) is 10.7. The summed E-state index contributed by atoms with van der Waals surface area (Å²) < 4.78 is 0. The second kappa shape index (κ2) is 6.76. The van der Waals surface area contributed by atoms with Gasteiger partial charge >= 0.3 is 0 Å². The summed E-state index contributed by atoms with van der Waals surface area (Å²) in [6, 6.07) is 19.8. The first-order chi connectivity index (χ1) is 13.1. The molecule has 0 spiro atoms. The molecule has 6 nitrogen and oxygen atoms in total. The third-order valence-corrected chi connectivity index (χ3v) is 4.01. The van der Waals surface area contributed by atoms with Gasteiger partial charge in [-0.2, -0.15) is 0 Å². The Kier molecular flexibility index (Phi) is 4.14. The second-order valence-corrected chi connectivity index (χ2v) is 5.95. The quantitative estimate of drug-likeness (QED) is 0.513. The highest BCUT2D eigenvalue weighted by Gasteiger charge is 2.12. The zero-order chi connectivity index (χ0) is 18.8. The number of aromatic hydroxyl groups is 3. The maximum Gasteiger partial charge on any atom is 0.164 e. The van der Waals surface area contributed by atoms with E-state index in [1.165, 1.54) is 0 Å². The number of nitrogens with zero attached hydrogens (tertiary/aromatic N) is 3. The van der Waals surface area contributed by atoms with Crippen LogP contribution in [0.15, 0.2) is 72.8 Å². The highest BCUT2D eigenvalue weighted by Crippen LogP contribution is 2.27. The van der Waals surface area contributed by atoms with E-state index < -0.39 is 0 Å². The lowest BCUT2D eigenvalue weighted by atomic mass is 10.1. The topological polar surface area (TPSA) is 99.4 Å². The van der Waals surface area contributed by atoms with Gasteiger partial charge in [0.25, 0.3) is 0 Å². The van der Waals surface area contributed by atoms with Crippen molar-refractivity contribution in [1.29, 1.82) is 0 Å². The Labute approximate surface area is 155 Å². The van der Waals surface area contributed by atoms with Crippen molar-refractivity contribution in [2.45, 2.75) is 0 Å². The molecule has 0 radical (unpaired) electrons. The molecule has 0 fully saturated rings. The summed E-state index contributed by atoms with van der Waals surface area (Å²) in [6.45, 7) is 0. The van der Waals surface area contributed by atoms with Crippen molar-refractivity contribution in [3.8, 4) is 51.4 Å². The van der Waals surface area contributed by atoms with Crippen LogP contribution in [-0.4, -0.2) is 30.3 Å². The van der Waals surface area contributed by atoms with Gasteiger partial charge in [0.2, 0.25) is 0 Å². The summed E-state index contributed by atoms with van der Waals surface area (Å²) in [5.41, 5.74) is 2.20. The number of benzene rings is 3. The molecule has 6 heteroatoms. The maximum atomic E-state index is 9.52. The highest BCUT2D eigenvalue weighted by atomic mass is 16.3. The largest absolute Gasteiger partial charge is 0.508 e. The average Bonchev–Trinajstić information content (AvgIpc) is 2.69. The van der Waals surface area contributed by atoms with Crippen molar-refractivity contribution in [1.82, 2.24) is 15.0 Å². The van der Waals surface area contributed by atoms with Crippen LogP contribution in [0.2, 0.25) is 0 Å². The smallest absolute Gasteiger partial charge is 0.164 e. The zero-order valence-corrected chi connectivity index (χ0v) is 14.1. The van der Waals surface area contributed by atoms with Crippen molar-refractivity contribution in [2.24, 2.45) is 0 Å². The fraction of sp³-hybridized carbons (Fsp3) is 0.